The standard InChI is InChI=1S/C14H15BrN2O3/c1-17-7-10(15)6-12(17)14(19)16-11-3-4-13(20-2)9(5-11)8-18/h3-7,18H,8H2,1-2H3,(H,16,19). The number of nitrogens with one attached hydrogen (secondary N) is 1. The smallest absolute Gasteiger partial charge is 0.272 e. The molecule has 106 valence electrons. The Hall–Kier alpha value is -1.79. The van der Waals surface area contributed by atoms with Crippen molar-refractivity contribution in [3.63, 3.8) is 0 Å². The number of anilines is 1. The fourth-order valence-electron chi connectivity index (χ4n) is 1.92. The van der Waals surface area contributed by atoms with E-state index in [0.29, 0.717) is 22.7 Å². The monoisotopic (exact) mass is 338 g/mol. The van der Waals surface area contributed by atoms with Crippen molar-refractivity contribution in [2.24, 2.45) is 7.05 Å². The number of amides is 1. The molecule has 0 unspecified atom stereocenters. The number of halogens is 1. The van der Waals surface area contributed by atoms with Gasteiger partial charge in [0.05, 0.1) is 13.7 Å². The van der Waals surface area contributed by atoms with Gasteiger partial charge < -0.3 is 19.7 Å². The molecule has 0 saturated carbocycles. The molecule has 0 fully saturated rings. The predicted molar refractivity (Wildman–Crippen MR) is 80.0 cm³/mol. The zero-order chi connectivity index (χ0) is 14.7. The molecule has 1 aromatic heterocycles. The molecule has 6 heteroatoms. The number of aliphatic hydroxyl groups excluding tert-OH is 1. The van der Waals surface area contributed by atoms with Crippen molar-refractivity contribution >= 4 is 27.5 Å². The molecular weight excluding hydrogens is 324 g/mol. The number of methoxy groups -OCH3 is 1. The van der Waals surface area contributed by atoms with Crippen LogP contribution in [0.3, 0.4) is 0 Å². The first-order valence-electron chi connectivity index (χ1n) is 5.96. The van der Waals surface area contributed by atoms with Crippen LogP contribution < -0.4 is 10.1 Å². The number of carbonyl (C=O) groups excluding carboxylic acids is 1. The number of aryl methyl sites for hydroxylation is 1. The summed E-state index contributed by atoms with van der Waals surface area (Å²) >= 11 is 3.33. The van der Waals surface area contributed by atoms with Crippen LogP contribution in [-0.4, -0.2) is 22.7 Å². The molecule has 0 radical (unpaired) electrons. The quantitative estimate of drug-likeness (QED) is 0.900. The number of aromatic nitrogens is 1. The van der Waals surface area contributed by atoms with E-state index in [4.69, 9.17) is 4.74 Å². The lowest BCUT2D eigenvalue weighted by Crippen LogP contribution is -2.15. The van der Waals surface area contributed by atoms with Gasteiger partial charge in [-0.3, -0.25) is 4.79 Å². The van der Waals surface area contributed by atoms with Crippen molar-refractivity contribution < 1.29 is 14.6 Å². The fraction of sp³-hybridized carbons (Fsp3) is 0.214. The van der Waals surface area contributed by atoms with Crippen LogP contribution in [0.2, 0.25) is 0 Å². The Kier molecular flexibility index (Phi) is 4.46. The Balaban J connectivity index is 2.22. The molecule has 1 aromatic carbocycles. The number of hydrogen-bond donors (Lipinski definition) is 2. The minimum absolute atomic E-state index is 0.150. The average molecular weight is 339 g/mol. The Morgan fingerprint density at radius 3 is 2.75 bits per heavy atom. The van der Waals surface area contributed by atoms with Gasteiger partial charge in [0, 0.05) is 29.0 Å². The van der Waals surface area contributed by atoms with Crippen molar-refractivity contribution in [2.45, 2.75) is 6.61 Å². The number of carbonyl (C=O) groups is 1. The molecule has 0 aliphatic heterocycles. The first kappa shape index (κ1) is 14.6. The third kappa shape index (κ3) is 3.02. The number of benzene rings is 1. The second-order valence-corrected chi connectivity index (χ2v) is 5.21. The van der Waals surface area contributed by atoms with Crippen LogP contribution in [0.5, 0.6) is 5.75 Å². The topological polar surface area (TPSA) is 63.5 Å². The number of rotatable bonds is 4. The van der Waals surface area contributed by atoms with E-state index < -0.39 is 0 Å². The Bertz CT molecular complexity index is 637. The first-order valence-corrected chi connectivity index (χ1v) is 6.75. The minimum Gasteiger partial charge on any atom is -0.496 e. The number of nitrogens with zero attached hydrogens (tertiary/aromatic N) is 1. The molecule has 1 amide bonds. The largest absolute Gasteiger partial charge is 0.496 e. The maximum Gasteiger partial charge on any atom is 0.272 e. The van der Waals surface area contributed by atoms with Crippen LogP contribution in [0.1, 0.15) is 16.1 Å². The molecule has 0 aliphatic rings. The second kappa shape index (κ2) is 6.11. The summed E-state index contributed by atoms with van der Waals surface area (Å²) in [7, 11) is 3.33. The van der Waals surface area contributed by atoms with Crippen molar-refractivity contribution in [3.8, 4) is 5.75 Å². The molecule has 2 aromatic rings. The average Bonchev–Trinajstić information content (AvgIpc) is 2.77. The highest BCUT2D eigenvalue weighted by molar-refractivity contribution is 9.10. The summed E-state index contributed by atoms with van der Waals surface area (Å²) in [4.78, 5) is 12.2. The van der Waals surface area contributed by atoms with Gasteiger partial charge in [0.15, 0.2) is 0 Å². The lowest BCUT2D eigenvalue weighted by atomic mass is 10.2. The van der Waals surface area contributed by atoms with E-state index in [2.05, 4.69) is 21.2 Å². The predicted octanol–water partition coefficient (Wildman–Crippen LogP) is 2.54. The van der Waals surface area contributed by atoms with Gasteiger partial charge in [0.25, 0.3) is 5.91 Å². The summed E-state index contributed by atoms with van der Waals surface area (Å²) < 4.78 is 7.70. The van der Waals surface area contributed by atoms with Crippen molar-refractivity contribution in [1.82, 2.24) is 4.57 Å². The van der Waals surface area contributed by atoms with E-state index in [-0.39, 0.29) is 12.5 Å². The van der Waals surface area contributed by atoms with Gasteiger partial charge in [0.1, 0.15) is 11.4 Å². The highest BCUT2D eigenvalue weighted by atomic mass is 79.9. The lowest BCUT2D eigenvalue weighted by molar-refractivity contribution is 0.101. The van der Waals surface area contributed by atoms with Gasteiger partial charge in [-0.25, -0.2) is 0 Å². The normalized spacial score (nSPS) is 10.4. The highest BCUT2D eigenvalue weighted by Gasteiger charge is 2.12. The molecule has 0 bridgehead atoms. The maximum atomic E-state index is 12.2. The van der Waals surface area contributed by atoms with Crippen LogP contribution >= 0.6 is 15.9 Å². The molecule has 2 rings (SSSR count). The molecule has 5 nitrogen and oxygen atoms in total. The van der Waals surface area contributed by atoms with E-state index in [1.165, 1.54) is 7.11 Å². The lowest BCUT2D eigenvalue weighted by Gasteiger charge is -2.10. The fourth-order valence-corrected chi connectivity index (χ4v) is 2.45. The molecule has 0 saturated heterocycles. The van der Waals surface area contributed by atoms with Crippen LogP contribution in [0.15, 0.2) is 34.9 Å². The first-order chi connectivity index (χ1) is 9.55. The Morgan fingerprint density at radius 1 is 1.45 bits per heavy atom. The van der Waals surface area contributed by atoms with Crippen LogP contribution in [0.4, 0.5) is 5.69 Å². The van der Waals surface area contributed by atoms with Gasteiger partial charge in [-0.1, -0.05) is 0 Å². The zero-order valence-corrected chi connectivity index (χ0v) is 12.8. The van der Waals surface area contributed by atoms with Gasteiger partial charge >= 0.3 is 0 Å². The molecule has 0 atom stereocenters. The van der Waals surface area contributed by atoms with Crippen LogP contribution in [0, 0.1) is 0 Å². The van der Waals surface area contributed by atoms with Crippen LogP contribution in [-0.2, 0) is 13.7 Å². The Morgan fingerprint density at radius 2 is 2.20 bits per heavy atom. The van der Waals surface area contributed by atoms with E-state index in [0.717, 1.165) is 4.47 Å². The molecule has 0 aliphatic carbocycles. The van der Waals surface area contributed by atoms with E-state index >= 15 is 0 Å². The number of aliphatic hydroxyl groups is 1. The summed E-state index contributed by atoms with van der Waals surface area (Å²) in [6.45, 7) is -0.150. The number of hydrogen-bond acceptors (Lipinski definition) is 3. The summed E-state index contributed by atoms with van der Waals surface area (Å²) in [5.41, 5.74) is 1.77. The third-order valence-electron chi connectivity index (χ3n) is 2.91. The van der Waals surface area contributed by atoms with Gasteiger partial charge in [0.2, 0.25) is 0 Å². The van der Waals surface area contributed by atoms with Crippen LogP contribution in [0.25, 0.3) is 0 Å². The zero-order valence-electron chi connectivity index (χ0n) is 11.2. The molecular formula is C14H15BrN2O3. The summed E-state index contributed by atoms with van der Waals surface area (Å²) in [6.07, 6.45) is 1.81. The van der Waals surface area contributed by atoms with Crippen molar-refractivity contribution in [1.29, 1.82) is 0 Å². The minimum atomic E-state index is -0.216. The summed E-state index contributed by atoms with van der Waals surface area (Å²) in [5.74, 6) is 0.374. The molecule has 2 N–H and O–H groups in total. The van der Waals surface area contributed by atoms with Crippen molar-refractivity contribution in [3.05, 3.63) is 46.2 Å². The SMILES string of the molecule is COc1ccc(NC(=O)c2cc(Br)cn2C)cc1CO. The number of ether oxygens (including phenoxy) is 1. The maximum absolute atomic E-state index is 12.2. The second-order valence-electron chi connectivity index (χ2n) is 4.29. The van der Waals surface area contributed by atoms with E-state index in [1.807, 2.05) is 6.20 Å². The van der Waals surface area contributed by atoms with Gasteiger partial charge in [-0.15, -0.1) is 0 Å². The molecule has 20 heavy (non-hydrogen) atoms. The molecule has 0 spiro atoms. The van der Waals surface area contributed by atoms with Crippen molar-refractivity contribution in [2.75, 3.05) is 12.4 Å². The third-order valence-corrected chi connectivity index (χ3v) is 3.35. The van der Waals surface area contributed by atoms with E-state index in [1.54, 1.807) is 35.9 Å². The summed E-state index contributed by atoms with van der Waals surface area (Å²) in [6, 6.07) is 6.87. The summed E-state index contributed by atoms with van der Waals surface area (Å²) in [5, 5.41) is 12.1. The highest BCUT2D eigenvalue weighted by Crippen LogP contribution is 2.23. The Labute approximate surface area is 125 Å². The van der Waals surface area contributed by atoms with Gasteiger partial charge in [-0.2, -0.15) is 0 Å². The van der Waals surface area contributed by atoms with E-state index in [9.17, 15) is 9.90 Å². The molecule has 1 heterocycles. The van der Waals surface area contributed by atoms with Gasteiger partial charge in [-0.05, 0) is 40.2 Å².